The van der Waals surface area contributed by atoms with Gasteiger partial charge in [0.05, 0.1) is 155 Å². The number of aryl methyl sites for hydroxylation is 1. The summed E-state index contributed by atoms with van der Waals surface area (Å²) in [5.74, 6) is -3.84. The molecule has 4 bridgehead atoms. The van der Waals surface area contributed by atoms with Gasteiger partial charge in [-0.3, -0.25) is 28.8 Å². The Morgan fingerprint density at radius 2 is 1.39 bits per heavy atom. The van der Waals surface area contributed by atoms with E-state index in [0.717, 1.165) is 47.9 Å². The predicted octanol–water partition coefficient (Wildman–Crippen LogP) is 8.04. The normalized spacial score (nSPS) is 27.3. The Balaban J connectivity index is 0.558. The molecule has 11 rings (SSSR count). The van der Waals surface area contributed by atoms with Gasteiger partial charge in [-0.2, -0.15) is 10.1 Å². The average molecular weight is 1700 g/mol. The molecule has 2 aromatic carbocycles. The summed E-state index contributed by atoms with van der Waals surface area (Å²) in [6.07, 6.45) is 12.8. The van der Waals surface area contributed by atoms with E-state index in [1.165, 1.54) is 16.8 Å². The van der Waals surface area contributed by atoms with Gasteiger partial charge in [0, 0.05) is 63.5 Å². The number of aliphatic hydroxyl groups excluding tert-OH is 3. The first-order chi connectivity index (χ1) is 59.0. The molecule has 0 spiro atoms. The smallest absolute Gasteiger partial charge is 0.293 e. The molecule has 122 heavy (non-hydrogen) atoms. The lowest BCUT2D eigenvalue weighted by Crippen LogP contribution is -2.54. The molecule has 1 aliphatic carbocycles. The van der Waals surface area contributed by atoms with Crippen LogP contribution in [0.15, 0.2) is 94.7 Å². The van der Waals surface area contributed by atoms with Crippen molar-refractivity contribution in [3.63, 3.8) is 0 Å². The number of hydrogen-bond acceptors (Lipinski definition) is 28. The van der Waals surface area contributed by atoms with Crippen molar-refractivity contribution in [3.05, 3.63) is 107 Å². The summed E-state index contributed by atoms with van der Waals surface area (Å²) in [6.45, 7) is 16.1. The number of hydrogen-bond donors (Lipinski definition) is 6. The van der Waals surface area contributed by atoms with E-state index in [1.54, 1.807) is 64.3 Å². The molecule has 5 aromatic rings. The summed E-state index contributed by atoms with van der Waals surface area (Å²) >= 11 is 0. The molecular formula is C90H128N10O22. The van der Waals surface area contributed by atoms with Gasteiger partial charge in [-0.15, -0.1) is 0 Å². The maximum atomic E-state index is 15.0. The fourth-order valence-corrected chi connectivity index (χ4v) is 16.9. The fraction of sp³-hybridized carbons (Fsp3) is 0.644. The molecule has 32 heteroatoms. The second-order valence-corrected chi connectivity index (χ2v) is 33.0. The monoisotopic (exact) mass is 1700 g/mol. The number of carbonyl (C=O) groups excluding carboxylic acids is 6. The number of aromatic nitrogens is 5. The Hall–Kier alpha value is -8.16. The minimum atomic E-state index is -1.95. The maximum Gasteiger partial charge on any atom is 0.293 e. The van der Waals surface area contributed by atoms with Crippen LogP contribution in [0.5, 0.6) is 0 Å². The highest BCUT2D eigenvalue weighted by atomic mass is 16.6. The number of fused-ring (bicyclic) bond motifs is 8. The van der Waals surface area contributed by atoms with Gasteiger partial charge in [0.2, 0.25) is 11.7 Å². The summed E-state index contributed by atoms with van der Waals surface area (Å²) in [5.41, 5.74) is 17.9. The number of aliphatic hydroxyl groups is 3. The number of nitrogens with one attached hydrogen (secondary N) is 1. The largest absolute Gasteiger partial charge is 0.424 e. The number of ether oxygens (including phenoxy) is 12. The highest BCUT2D eigenvalue weighted by Gasteiger charge is 2.45. The third-order valence-electron chi connectivity index (χ3n) is 23.8. The van der Waals surface area contributed by atoms with Crippen LogP contribution in [0, 0.1) is 23.7 Å². The summed E-state index contributed by atoms with van der Waals surface area (Å²) in [7, 11) is 1.56. The number of nitrogens with two attached hydrogens (primary N) is 2. The number of nitrogens with zero attached hydrogens (tertiary/aromatic N) is 7. The number of nitrogen functional groups attached to an aromatic ring is 2. The maximum absolute atomic E-state index is 15.0. The van der Waals surface area contributed by atoms with Crippen molar-refractivity contribution in [1.82, 2.24) is 39.8 Å². The van der Waals surface area contributed by atoms with Gasteiger partial charge in [0.25, 0.3) is 17.8 Å². The molecule has 5 unspecified atom stereocenters. The van der Waals surface area contributed by atoms with E-state index in [9.17, 15) is 39.3 Å². The molecule has 3 fully saturated rings. The molecule has 8 heterocycles. The molecule has 3 amide bonds. The van der Waals surface area contributed by atoms with Gasteiger partial charge < -0.3 is 103 Å². The molecule has 1 saturated carbocycles. The zero-order valence-corrected chi connectivity index (χ0v) is 71.8. The lowest BCUT2D eigenvalue weighted by molar-refractivity contribution is -0.189. The molecule has 2 saturated heterocycles. The van der Waals surface area contributed by atoms with Crippen LogP contribution >= 0.6 is 0 Å². The lowest BCUT2D eigenvalue weighted by atomic mass is 9.83. The van der Waals surface area contributed by atoms with Crippen molar-refractivity contribution in [2.75, 3.05) is 144 Å². The van der Waals surface area contributed by atoms with Crippen LogP contribution < -0.4 is 16.8 Å². The van der Waals surface area contributed by atoms with E-state index in [4.69, 9.17) is 77.8 Å². The summed E-state index contributed by atoms with van der Waals surface area (Å²) < 4.78 is 78.6. The fourth-order valence-electron chi connectivity index (χ4n) is 16.9. The minimum absolute atomic E-state index is 0.0438. The van der Waals surface area contributed by atoms with Crippen LogP contribution in [-0.4, -0.2) is 278 Å². The SMILES string of the molecule is CO[C@H]1CC2CCC(O2)C(=O)C(=O)N2CCCC[C@H]2[C@H](O)OC(CCC2CCC(O)CC2)CC(=O)C(C)/C=C(\C)[C@H]2OC(C(=O)NCCOCCOCCOCCOCCOCCOCCOCCOCCC(=O)N3CCCc4cc(Cn5nc(-c6ccc7oc(N)nc7c6)c6c(N)ncnc65)ccc4C3)(/C=C/C=C1C)/C=C/[C@@H](C)C[C@@H](C)C(=O)[C@@H]2O. The number of Topliss-reactive ketones (excluding diaryl/α,β-unsaturated/α-hetero) is 3. The number of rotatable bonds is 35. The molecule has 8 N–H and O–H groups in total. The Bertz CT molecular complexity index is 4350. The van der Waals surface area contributed by atoms with Crippen molar-refractivity contribution in [3.8, 4) is 11.3 Å². The van der Waals surface area contributed by atoms with Crippen LogP contribution in [0.4, 0.5) is 11.8 Å². The molecule has 32 nitrogen and oxygen atoms in total. The third-order valence-corrected chi connectivity index (χ3v) is 23.8. The highest BCUT2D eigenvalue weighted by Crippen LogP contribution is 2.37. The van der Waals surface area contributed by atoms with E-state index in [1.807, 2.05) is 41.6 Å². The second-order valence-electron chi connectivity index (χ2n) is 33.0. The van der Waals surface area contributed by atoms with Crippen LogP contribution in [0.3, 0.4) is 0 Å². The van der Waals surface area contributed by atoms with Gasteiger partial charge in [-0.1, -0.05) is 63.3 Å². The Kier molecular flexibility index (Phi) is 37.0. The number of methoxy groups -OCH3 is 1. The number of ketones is 3. The number of piperidine rings is 1. The first-order valence-electron chi connectivity index (χ1n) is 43.7. The number of oxazole rings is 1. The average Bonchev–Trinajstić information content (AvgIpc) is 1.59. The third kappa shape index (κ3) is 27.2. The van der Waals surface area contributed by atoms with Crippen LogP contribution in [-0.2, 0) is 105 Å². The first kappa shape index (κ1) is 94.5. The Labute approximate surface area is 714 Å². The number of anilines is 2. The Morgan fingerprint density at radius 3 is 2.07 bits per heavy atom. The van der Waals surface area contributed by atoms with Gasteiger partial charge in [0.15, 0.2) is 28.9 Å². The van der Waals surface area contributed by atoms with E-state index >= 15 is 4.79 Å². The number of carbonyl (C=O) groups is 6. The summed E-state index contributed by atoms with van der Waals surface area (Å²) in [4.78, 5) is 102. The first-order valence-corrected chi connectivity index (χ1v) is 43.7. The highest BCUT2D eigenvalue weighted by molar-refractivity contribution is 6.38. The minimum Gasteiger partial charge on any atom is -0.424 e. The van der Waals surface area contributed by atoms with Crippen molar-refractivity contribution in [1.29, 1.82) is 0 Å². The molecule has 3 aromatic heterocycles. The van der Waals surface area contributed by atoms with Gasteiger partial charge in [-0.05, 0) is 174 Å². The quantitative estimate of drug-likeness (QED) is 0.0127. The van der Waals surface area contributed by atoms with Crippen LogP contribution in [0.1, 0.15) is 154 Å². The zero-order valence-electron chi connectivity index (χ0n) is 71.8. The van der Waals surface area contributed by atoms with Crippen molar-refractivity contribution in [2.45, 2.75) is 218 Å². The van der Waals surface area contributed by atoms with Crippen LogP contribution in [0.2, 0.25) is 0 Å². The van der Waals surface area contributed by atoms with E-state index in [-0.39, 0.29) is 81.4 Å². The van der Waals surface area contributed by atoms with Gasteiger partial charge in [0.1, 0.15) is 47.5 Å². The second kappa shape index (κ2) is 47.8. The molecule has 670 valence electrons. The summed E-state index contributed by atoms with van der Waals surface area (Å²) in [6, 6.07) is 11.1. The molecular weight excluding hydrogens is 1570 g/mol. The molecule has 5 aliphatic heterocycles. The number of allylic oxidation sites excluding steroid dienone is 4. The van der Waals surface area contributed by atoms with Crippen LogP contribution in [0.25, 0.3) is 33.4 Å². The standard InChI is InChI=1S/C90H128N10O22/c1-58-26-29-90(28-9-11-59(2)76(110-6)54-70-23-25-75(119-70)81(105)86(107)99-32-8-7-13-72(99)87(108)120-69(22-17-63-15-20-68(101)21-16-63)53-73(102)60(3)50-62(5)83(122-90)82(106)80(104)61(4)49-58)88(109)93-30-34-112-36-38-114-40-42-116-44-46-118-48-47-117-45-43-115-41-39-113-37-35-111-33-27-77(103)98-31-10-12-65-51-64(14-18-67(65)56-98)55-100-85-78(84(91)94-57-95-85)79(97-100)66-19-24-74-71(52-66)96-89(92)121-74/h9,11,14,18-19,24,26,28-29,50-52,57-58,60-61,63,68-70,72,75-76,82-83,87,101,106,108H,7-8,10,12-13,15-17,20-23,25,27,30-49,53-56H2,1-6H3,(H2,92,96)(H,93,109)(H2,91,94,95)/b28-9+,29-26+,59-11?,62-50+/t58-,60?,61-,63?,68?,69?,70?,72+,75?,76+,82+,83-,87-,90?/m1/s1. The van der Waals surface area contributed by atoms with Crippen molar-refractivity contribution in [2.24, 2.45) is 23.7 Å². The number of amides is 3. The van der Waals surface area contributed by atoms with E-state index in [0.29, 0.717) is 215 Å². The molecule has 12 atom stereocenters. The number of benzene rings is 2. The van der Waals surface area contributed by atoms with Gasteiger partial charge in [-0.25, -0.2) is 14.6 Å². The lowest BCUT2D eigenvalue weighted by Gasteiger charge is -2.39. The van der Waals surface area contributed by atoms with Crippen molar-refractivity contribution >= 4 is 69.0 Å². The van der Waals surface area contributed by atoms with E-state index < -0.39 is 89.8 Å². The summed E-state index contributed by atoms with van der Waals surface area (Å²) in [5, 5.41) is 43.0. The topological polar surface area (TPSA) is 414 Å². The van der Waals surface area contributed by atoms with Crippen molar-refractivity contribution < 1.29 is 105 Å². The Morgan fingerprint density at radius 1 is 0.705 bits per heavy atom. The molecule has 0 radical (unpaired) electrons. The molecule has 6 aliphatic rings. The predicted molar refractivity (Wildman–Crippen MR) is 453 cm³/mol. The van der Waals surface area contributed by atoms with Gasteiger partial charge >= 0.3 is 0 Å². The van der Waals surface area contributed by atoms with E-state index in [2.05, 4.69) is 38.5 Å². The zero-order chi connectivity index (χ0) is 86.5.